The summed E-state index contributed by atoms with van der Waals surface area (Å²) in [5.74, 6) is 1.29. The average Bonchev–Trinajstić information content (AvgIpc) is 2.90. The summed E-state index contributed by atoms with van der Waals surface area (Å²) in [5.41, 5.74) is 1.44. The first kappa shape index (κ1) is 18.3. The average molecular weight is 356 g/mol. The van der Waals surface area contributed by atoms with E-state index >= 15 is 0 Å². The van der Waals surface area contributed by atoms with Gasteiger partial charge in [-0.25, -0.2) is 4.98 Å². The Morgan fingerprint density at radius 2 is 2.15 bits per heavy atom. The minimum Gasteiger partial charge on any atom is -0.481 e. The van der Waals surface area contributed by atoms with E-state index in [-0.39, 0.29) is 5.91 Å². The molecule has 0 bridgehead atoms. The maximum absolute atomic E-state index is 12.4. The molecule has 26 heavy (non-hydrogen) atoms. The molecule has 0 radical (unpaired) electrons. The molecule has 3 rings (SSSR count). The zero-order valence-electron chi connectivity index (χ0n) is 15.1. The highest BCUT2D eigenvalue weighted by Crippen LogP contribution is 2.18. The SMILES string of the molecule is COc1ccnc(-c2ccc(C(=O)NCC3COCCN(C)C3)cc2)n1. The molecule has 1 aromatic heterocycles. The molecule has 0 spiro atoms. The number of methoxy groups -OCH3 is 1. The largest absolute Gasteiger partial charge is 0.481 e. The van der Waals surface area contributed by atoms with Crippen LogP contribution in [0, 0.1) is 5.92 Å². The van der Waals surface area contributed by atoms with E-state index in [0.29, 0.717) is 36.3 Å². The van der Waals surface area contributed by atoms with Gasteiger partial charge in [-0.3, -0.25) is 4.79 Å². The predicted molar refractivity (Wildman–Crippen MR) is 98.2 cm³/mol. The molecule has 7 nitrogen and oxygen atoms in total. The molecular weight excluding hydrogens is 332 g/mol. The van der Waals surface area contributed by atoms with Crippen LogP contribution in [0.3, 0.4) is 0 Å². The van der Waals surface area contributed by atoms with Gasteiger partial charge in [0.1, 0.15) is 0 Å². The van der Waals surface area contributed by atoms with Crippen LogP contribution in [0.5, 0.6) is 5.88 Å². The molecule has 1 saturated heterocycles. The molecule has 1 amide bonds. The van der Waals surface area contributed by atoms with Crippen molar-refractivity contribution in [2.75, 3.05) is 47.0 Å². The number of benzene rings is 1. The summed E-state index contributed by atoms with van der Waals surface area (Å²) in [5, 5.41) is 3.00. The number of hydrogen-bond donors (Lipinski definition) is 1. The van der Waals surface area contributed by atoms with Crippen LogP contribution in [0.1, 0.15) is 10.4 Å². The highest BCUT2D eigenvalue weighted by molar-refractivity contribution is 5.94. The predicted octanol–water partition coefficient (Wildman–Crippen LogP) is 1.46. The number of rotatable bonds is 5. The molecule has 0 aliphatic carbocycles. The summed E-state index contributed by atoms with van der Waals surface area (Å²) in [6.45, 7) is 3.88. The van der Waals surface area contributed by atoms with Gasteiger partial charge in [-0.15, -0.1) is 0 Å². The Balaban J connectivity index is 1.59. The molecule has 1 aliphatic rings. The Morgan fingerprint density at radius 3 is 2.92 bits per heavy atom. The first-order valence-electron chi connectivity index (χ1n) is 8.67. The maximum Gasteiger partial charge on any atom is 0.251 e. The van der Waals surface area contributed by atoms with Gasteiger partial charge in [-0.05, 0) is 19.2 Å². The molecule has 0 saturated carbocycles. The number of hydrogen-bond acceptors (Lipinski definition) is 6. The summed E-state index contributed by atoms with van der Waals surface area (Å²) < 4.78 is 10.7. The molecule has 1 aliphatic heterocycles. The fraction of sp³-hybridized carbons (Fsp3) is 0.421. The lowest BCUT2D eigenvalue weighted by Gasteiger charge is -2.19. The van der Waals surface area contributed by atoms with Gasteiger partial charge in [0.15, 0.2) is 5.82 Å². The summed E-state index contributed by atoms with van der Waals surface area (Å²) in [4.78, 5) is 23.1. The van der Waals surface area contributed by atoms with Crippen molar-refractivity contribution in [1.82, 2.24) is 20.2 Å². The van der Waals surface area contributed by atoms with Crippen LogP contribution >= 0.6 is 0 Å². The standard InChI is InChI=1S/C19H24N4O3/c1-23-9-10-26-13-14(12-23)11-21-19(24)16-5-3-15(4-6-16)18-20-8-7-17(22-18)25-2/h3-8,14H,9-13H2,1-2H3,(H,21,24). The van der Waals surface area contributed by atoms with Crippen molar-refractivity contribution in [2.24, 2.45) is 5.92 Å². The quantitative estimate of drug-likeness (QED) is 0.874. The molecule has 1 N–H and O–H groups in total. The van der Waals surface area contributed by atoms with Gasteiger partial charge >= 0.3 is 0 Å². The second kappa shape index (κ2) is 8.73. The molecule has 2 heterocycles. The number of aromatic nitrogens is 2. The van der Waals surface area contributed by atoms with Crippen molar-refractivity contribution in [3.05, 3.63) is 42.1 Å². The lowest BCUT2D eigenvalue weighted by molar-refractivity contribution is 0.0921. The zero-order chi connectivity index (χ0) is 18.4. The zero-order valence-corrected chi connectivity index (χ0v) is 15.1. The molecule has 1 aromatic carbocycles. The van der Waals surface area contributed by atoms with Crippen LogP contribution in [0.4, 0.5) is 0 Å². The highest BCUT2D eigenvalue weighted by Gasteiger charge is 2.17. The molecule has 1 unspecified atom stereocenters. The number of ether oxygens (including phenoxy) is 2. The van der Waals surface area contributed by atoms with Crippen LogP contribution < -0.4 is 10.1 Å². The number of amides is 1. The Hall–Kier alpha value is -2.51. The van der Waals surface area contributed by atoms with Gasteiger partial charge in [-0.1, -0.05) is 12.1 Å². The molecule has 7 heteroatoms. The third-order valence-corrected chi connectivity index (χ3v) is 4.34. The van der Waals surface area contributed by atoms with Gasteiger partial charge in [0, 0.05) is 48.9 Å². The Kier molecular flexibility index (Phi) is 6.14. The third-order valence-electron chi connectivity index (χ3n) is 4.34. The number of nitrogens with one attached hydrogen (secondary N) is 1. The summed E-state index contributed by atoms with van der Waals surface area (Å²) in [6, 6.07) is 8.94. The Bertz CT molecular complexity index is 736. The molecule has 1 fully saturated rings. The fourth-order valence-electron chi connectivity index (χ4n) is 2.88. The van der Waals surface area contributed by atoms with E-state index in [0.717, 1.165) is 25.3 Å². The van der Waals surface area contributed by atoms with Crippen LogP contribution in [-0.4, -0.2) is 67.8 Å². The van der Waals surface area contributed by atoms with Gasteiger partial charge in [0.25, 0.3) is 5.91 Å². The molecule has 2 aromatic rings. The monoisotopic (exact) mass is 356 g/mol. The lowest BCUT2D eigenvalue weighted by atomic mass is 10.1. The summed E-state index contributed by atoms with van der Waals surface area (Å²) in [7, 11) is 3.64. The van der Waals surface area contributed by atoms with Crippen molar-refractivity contribution < 1.29 is 14.3 Å². The Morgan fingerprint density at radius 1 is 1.35 bits per heavy atom. The third kappa shape index (κ3) is 4.77. The second-order valence-electron chi connectivity index (χ2n) is 6.41. The van der Waals surface area contributed by atoms with Crippen LogP contribution in [-0.2, 0) is 4.74 Å². The van der Waals surface area contributed by atoms with Crippen molar-refractivity contribution in [2.45, 2.75) is 0 Å². The van der Waals surface area contributed by atoms with E-state index in [4.69, 9.17) is 9.47 Å². The normalized spacial score (nSPS) is 18.2. The minimum atomic E-state index is -0.0880. The Labute approximate surface area is 153 Å². The van der Waals surface area contributed by atoms with E-state index in [1.54, 1.807) is 31.5 Å². The minimum absolute atomic E-state index is 0.0880. The summed E-state index contributed by atoms with van der Waals surface area (Å²) in [6.07, 6.45) is 1.65. The summed E-state index contributed by atoms with van der Waals surface area (Å²) >= 11 is 0. The number of carbonyl (C=O) groups is 1. The number of likely N-dealkylation sites (N-methyl/N-ethyl adjacent to an activating group) is 1. The van der Waals surface area contributed by atoms with Gasteiger partial charge < -0.3 is 19.7 Å². The van der Waals surface area contributed by atoms with Gasteiger partial charge in [0.2, 0.25) is 5.88 Å². The van der Waals surface area contributed by atoms with E-state index in [1.807, 2.05) is 12.1 Å². The second-order valence-corrected chi connectivity index (χ2v) is 6.41. The first-order valence-corrected chi connectivity index (χ1v) is 8.67. The van der Waals surface area contributed by atoms with E-state index < -0.39 is 0 Å². The molecule has 1 atom stereocenters. The van der Waals surface area contributed by atoms with E-state index in [2.05, 4.69) is 27.2 Å². The molecular formula is C19H24N4O3. The van der Waals surface area contributed by atoms with E-state index in [1.165, 1.54) is 0 Å². The lowest BCUT2D eigenvalue weighted by Crippen LogP contribution is -2.35. The maximum atomic E-state index is 12.4. The van der Waals surface area contributed by atoms with Gasteiger partial charge in [-0.2, -0.15) is 4.98 Å². The fourth-order valence-corrected chi connectivity index (χ4v) is 2.88. The van der Waals surface area contributed by atoms with Crippen molar-refractivity contribution in [3.8, 4) is 17.3 Å². The van der Waals surface area contributed by atoms with E-state index in [9.17, 15) is 4.79 Å². The van der Waals surface area contributed by atoms with Crippen LogP contribution in [0.15, 0.2) is 36.5 Å². The number of nitrogens with zero attached hydrogens (tertiary/aromatic N) is 3. The van der Waals surface area contributed by atoms with Crippen LogP contribution in [0.2, 0.25) is 0 Å². The van der Waals surface area contributed by atoms with Crippen molar-refractivity contribution in [3.63, 3.8) is 0 Å². The van der Waals surface area contributed by atoms with Gasteiger partial charge in [0.05, 0.1) is 20.3 Å². The van der Waals surface area contributed by atoms with Crippen molar-refractivity contribution in [1.29, 1.82) is 0 Å². The smallest absolute Gasteiger partial charge is 0.251 e. The highest BCUT2D eigenvalue weighted by atomic mass is 16.5. The first-order chi connectivity index (χ1) is 12.7. The van der Waals surface area contributed by atoms with Crippen molar-refractivity contribution >= 4 is 5.91 Å². The topological polar surface area (TPSA) is 76.6 Å². The van der Waals surface area contributed by atoms with Crippen LogP contribution in [0.25, 0.3) is 11.4 Å². The molecule has 138 valence electrons. The number of carbonyl (C=O) groups excluding carboxylic acids is 1.